The Balaban J connectivity index is 4.45. The van der Waals surface area contributed by atoms with Gasteiger partial charge in [0.2, 0.25) is 0 Å². The van der Waals surface area contributed by atoms with Gasteiger partial charge in [0.1, 0.15) is 19.8 Å². The topological polar surface area (TPSA) is 108 Å². The van der Waals surface area contributed by atoms with Crippen molar-refractivity contribution in [3.05, 3.63) is 0 Å². The van der Waals surface area contributed by atoms with E-state index in [1.165, 1.54) is 141 Å². The predicted octanol–water partition coefficient (Wildman–Crippen LogP) is 12.3. The van der Waals surface area contributed by atoms with Crippen molar-refractivity contribution in [2.24, 2.45) is 5.92 Å². The van der Waals surface area contributed by atoms with Crippen LogP contribution in [0.5, 0.6) is 0 Å². The van der Waals surface area contributed by atoms with Crippen molar-refractivity contribution < 1.29 is 42.1 Å². The van der Waals surface area contributed by atoms with Crippen molar-refractivity contribution >= 4 is 19.8 Å². The first kappa shape index (κ1) is 52.0. The van der Waals surface area contributed by atoms with Gasteiger partial charge in [-0.1, -0.05) is 188 Å². The predicted molar refractivity (Wildman–Crippen MR) is 220 cm³/mol. The minimum Gasteiger partial charge on any atom is -0.461 e. The number of ether oxygens (including phenoxy) is 2. The van der Waals surface area contributed by atoms with Crippen LogP contribution in [0.4, 0.5) is 0 Å². The average Bonchev–Trinajstić information content (AvgIpc) is 3.10. The third-order valence-corrected chi connectivity index (χ3v) is 11.0. The lowest BCUT2D eigenvalue weighted by Crippen LogP contribution is -2.37. The van der Waals surface area contributed by atoms with Crippen LogP contribution in [0.2, 0.25) is 0 Å². The molecule has 0 aliphatic rings. The molecule has 9 nitrogen and oxygen atoms in total. The molecule has 1 N–H and O–H groups in total. The highest BCUT2D eigenvalue weighted by molar-refractivity contribution is 7.47. The Morgan fingerprint density at radius 3 is 1.40 bits per heavy atom. The number of hydrogen-bond acceptors (Lipinski definition) is 7. The zero-order valence-corrected chi connectivity index (χ0v) is 36.6. The molecule has 2 unspecified atom stereocenters. The Morgan fingerprint density at radius 1 is 0.585 bits per heavy atom. The van der Waals surface area contributed by atoms with Gasteiger partial charge < -0.3 is 18.9 Å². The minimum atomic E-state index is -4.37. The summed E-state index contributed by atoms with van der Waals surface area (Å²) in [5, 5.41) is 0. The van der Waals surface area contributed by atoms with E-state index in [9.17, 15) is 19.0 Å². The lowest BCUT2D eigenvalue weighted by atomic mass is 10.0. The van der Waals surface area contributed by atoms with Crippen LogP contribution in [-0.4, -0.2) is 74.9 Å². The summed E-state index contributed by atoms with van der Waals surface area (Å²) in [4.78, 5) is 35.7. The Morgan fingerprint density at radius 2 is 0.981 bits per heavy atom. The van der Waals surface area contributed by atoms with Gasteiger partial charge in [0.05, 0.1) is 33.7 Å². The molecule has 0 spiro atoms. The molecule has 0 saturated heterocycles. The van der Waals surface area contributed by atoms with Gasteiger partial charge in [-0.3, -0.25) is 18.6 Å². The molecule has 0 amide bonds. The zero-order valence-electron chi connectivity index (χ0n) is 35.7. The normalized spacial score (nSPS) is 14.2. The maximum Gasteiger partial charge on any atom is 0.472 e. The molecule has 0 radical (unpaired) electrons. The van der Waals surface area contributed by atoms with Gasteiger partial charge in [0.25, 0.3) is 0 Å². The number of quaternary nitrogens is 1. The Hall–Kier alpha value is -0.990. The van der Waals surface area contributed by atoms with E-state index in [0.717, 1.165) is 32.1 Å². The van der Waals surface area contributed by atoms with Crippen LogP contribution >= 0.6 is 7.82 Å². The molecule has 0 aromatic carbocycles. The number of unbranched alkanes of at least 4 members (excludes halogenated alkanes) is 25. The van der Waals surface area contributed by atoms with Gasteiger partial charge in [-0.15, -0.1) is 0 Å². The number of carbonyl (C=O) groups excluding carboxylic acids is 2. The number of hydrogen-bond donors (Lipinski definition) is 1. The Kier molecular flexibility index (Phi) is 34.8. The molecule has 316 valence electrons. The lowest BCUT2D eigenvalue weighted by molar-refractivity contribution is -0.870. The number of phosphoric acid groups is 1. The highest BCUT2D eigenvalue weighted by Crippen LogP contribution is 2.43. The highest BCUT2D eigenvalue weighted by Gasteiger charge is 2.27. The molecule has 53 heavy (non-hydrogen) atoms. The van der Waals surface area contributed by atoms with E-state index < -0.39 is 26.5 Å². The highest BCUT2D eigenvalue weighted by atomic mass is 31.2. The standard InChI is InChI=1S/C43H86NO8P/c1-7-9-11-13-15-17-19-21-22-23-25-27-29-31-33-35-42(45)52-41(39-51-53(47,48)50-37-36-44(4,5)6)38-49-43(46)40(3)34-32-30-28-26-24-20-18-16-14-12-10-8-2/h40-41H,7-39H2,1-6H3/p+1/t40?,41-/m1/s1. The van der Waals surface area contributed by atoms with Crippen molar-refractivity contribution in [2.75, 3.05) is 47.5 Å². The molecule has 0 fully saturated rings. The van der Waals surface area contributed by atoms with E-state index in [1.54, 1.807) is 0 Å². The van der Waals surface area contributed by atoms with Crippen LogP contribution in [-0.2, 0) is 32.7 Å². The van der Waals surface area contributed by atoms with Crippen LogP contribution < -0.4 is 0 Å². The lowest BCUT2D eigenvalue weighted by Gasteiger charge is -2.24. The second kappa shape index (κ2) is 35.4. The van der Waals surface area contributed by atoms with Crippen LogP contribution in [0.1, 0.15) is 207 Å². The summed E-state index contributed by atoms with van der Waals surface area (Å²) in [7, 11) is 1.48. The van der Waals surface area contributed by atoms with Gasteiger partial charge >= 0.3 is 19.8 Å². The minimum absolute atomic E-state index is 0.0343. The molecule has 0 aromatic heterocycles. The fourth-order valence-corrected chi connectivity index (χ4v) is 7.11. The van der Waals surface area contributed by atoms with Crippen molar-refractivity contribution in [1.29, 1.82) is 0 Å². The van der Waals surface area contributed by atoms with Crippen LogP contribution in [0.25, 0.3) is 0 Å². The summed E-state index contributed by atoms with van der Waals surface area (Å²) < 4.78 is 34.5. The van der Waals surface area contributed by atoms with Crippen molar-refractivity contribution in [3.63, 3.8) is 0 Å². The largest absolute Gasteiger partial charge is 0.472 e. The van der Waals surface area contributed by atoms with E-state index in [4.69, 9.17) is 18.5 Å². The van der Waals surface area contributed by atoms with Gasteiger partial charge in [-0.05, 0) is 12.8 Å². The van der Waals surface area contributed by atoms with E-state index in [2.05, 4.69) is 13.8 Å². The molecular weight excluding hydrogens is 689 g/mol. The number of phosphoric ester groups is 1. The van der Waals surface area contributed by atoms with Crippen molar-refractivity contribution in [2.45, 2.75) is 213 Å². The second-order valence-corrected chi connectivity index (χ2v) is 18.1. The Bertz CT molecular complexity index is 896. The summed E-state index contributed by atoms with van der Waals surface area (Å²) in [6.45, 7) is 6.29. The first-order chi connectivity index (χ1) is 25.4. The molecule has 10 heteroatoms. The fraction of sp³-hybridized carbons (Fsp3) is 0.953. The van der Waals surface area contributed by atoms with Gasteiger partial charge in [-0.2, -0.15) is 0 Å². The van der Waals surface area contributed by atoms with Gasteiger partial charge in [0.15, 0.2) is 6.10 Å². The summed E-state index contributed by atoms with van der Waals surface area (Å²) in [6, 6.07) is 0. The number of rotatable bonds is 40. The number of likely N-dealkylation sites (N-methyl/N-ethyl adjacent to an activating group) is 1. The molecule has 0 bridgehead atoms. The van der Waals surface area contributed by atoms with Gasteiger partial charge in [0, 0.05) is 6.42 Å². The van der Waals surface area contributed by atoms with Crippen molar-refractivity contribution in [1.82, 2.24) is 0 Å². The molecule has 0 aromatic rings. The SMILES string of the molecule is CCCCCCCCCCCCCCCCCC(=O)O[C@H](COC(=O)C(C)CCCCCCCCCCCCCC)COP(=O)(O)OCC[N+](C)(C)C. The average molecular weight is 777 g/mol. The molecular formula is C43H87NO8P+. The quantitative estimate of drug-likeness (QED) is 0.0284. The summed E-state index contributed by atoms with van der Waals surface area (Å²) in [5.74, 6) is -1.06. The van der Waals surface area contributed by atoms with Crippen molar-refractivity contribution in [3.8, 4) is 0 Å². The molecule has 0 saturated carbocycles. The van der Waals surface area contributed by atoms with E-state index >= 15 is 0 Å². The van der Waals surface area contributed by atoms with Crippen LogP contribution in [0.3, 0.4) is 0 Å². The fourth-order valence-electron chi connectivity index (χ4n) is 6.37. The molecule has 3 atom stereocenters. The smallest absolute Gasteiger partial charge is 0.461 e. The third-order valence-electron chi connectivity index (χ3n) is 10.0. The van der Waals surface area contributed by atoms with Gasteiger partial charge in [-0.25, -0.2) is 4.57 Å². The number of esters is 2. The zero-order chi connectivity index (χ0) is 39.5. The van der Waals surface area contributed by atoms with E-state index in [1.807, 2.05) is 28.1 Å². The molecule has 0 rings (SSSR count). The van der Waals surface area contributed by atoms with Crippen LogP contribution in [0.15, 0.2) is 0 Å². The summed E-state index contributed by atoms with van der Waals surface area (Å²) in [6.07, 6.45) is 33.8. The first-order valence-electron chi connectivity index (χ1n) is 22.2. The van der Waals surface area contributed by atoms with E-state index in [0.29, 0.717) is 17.4 Å². The monoisotopic (exact) mass is 777 g/mol. The second-order valence-electron chi connectivity index (χ2n) is 16.6. The molecule has 0 aliphatic heterocycles. The maximum absolute atomic E-state index is 12.8. The molecule has 0 aliphatic carbocycles. The van der Waals surface area contributed by atoms with E-state index in [-0.39, 0.29) is 31.5 Å². The maximum atomic E-state index is 12.8. The summed E-state index contributed by atoms with van der Waals surface area (Å²) >= 11 is 0. The number of nitrogens with zero attached hydrogens (tertiary/aromatic N) is 1. The molecule has 0 heterocycles. The third kappa shape index (κ3) is 37.7. The number of carbonyl (C=O) groups is 2. The first-order valence-corrected chi connectivity index (χ1v) is 23.7. The van der Waals surface area contributed by atoms with Crippen LogP contribution in [0, 0.1) is 5.92 Å². The Labute approximate surface area is 327 Å². The summed E-state index contributed by atoms with van der Waals surface area (Å²) in [5.41, 5.74) is 0.